The minimum atomic E-state index is -0.0154. The summed E-state index contributed by atoms with van der Waals surface area (Å²) in [5.41, 5.74) is 1.67. The summed E-state index contributed by atoms with van der Waals surface area (Å²) in [6.45, 7) is 1.98. The zero-order valence-corrected chi connectivity index (χ0v) is 11.6. The molecule has 1 aromatic carbocycles. The summed E-state index contributed by atoms with van der Waals surface area (Å²) in [5.74, 6) is 0. The lowest BCUT2D eigenvalue weighted by Gasteiger charge is -2.14. The second kappa shape index (κ2) is 5.21. The highest BCUT2D eigenvalue weighted by Crippen LogP contribution is 2.31. The molecule has 1 heterocycles. The molecule has 5 heteroatoms. The Morgan fingerprint density at radius 3 is 3.00 bits per heavy atom. The third-order valence-corrected chi connectivity index (χ3v) is 3.18. The molecule has 0 unspecified atom stereocenters. The van der Waals surface area contributed by atoms with Crippen LogP contribution in [0.5, 0.6) is 0 Å². The topological polar surface area (TPSA) is 45.1 Å². The van der Waals surface area contributed by atoms with E-state index in [2.05, 4.69) is 26.2 Å². The van der Waals surface area contributed by atoms with Gasteiger partial charge in [0, 0.05) is 27.8 Å². The van der Waals surface area contributed by atoms with Crippen molar-refractivity contribution in [1.29, 1.82) is 0 Å². The average molecular weight is 316 g/mol. The number of benzene rings is 1. The first kappa shape index (κ1) is 12.6. The van der Waals surface area contributed by atoms with Gasteiger partial charge in [0.15, 0.2) is 0 Å². The van der Waals surface area contributed by atoms with Gasteiger partial charge in [-0.15, -0.1) is 0 Å². The molecule has 1 atom stereocenters. The molecule has 2 N–H and O–H groups in total. The van der Waals surface area contributed by atoms with Crippen LogP contribution in [0.3, 0.4) is 0 Å². The van der Waals surface area contributed by atoms with Gasteiger partial charge in [-0.3, -0.25) is 4.98 Å². The number of halogens is 2. The molecule has 3 nitrogen and oxygen atoms in total. The lowest BCUT2D eigenvalue weighted by atomic mass is 10.1. The van der Waals surface area contributed by atoms with Crippen LogP contribution in [0.2, 0.25) is 5.02 Å². The smallest absolute Gasteiger partial charge is 0.0909 e. The normalized spacial score (nSPS) is 12.7. The van der Waals surface area contributed by atoms with E-state index in [0.717, 1.165) is 21.1 Å². The third kappa shape index (κ3) is 2.70. The van der Waals surface area contributed by atoms with Crippen molar-refractivity contribution in [2.75, 3.05) is 11.9 Å². The Hall–Kier alpha value is -0.840. The van der Waals surface area contributed by atoms with Crippen molar-refractivity contribution in [3.05, 3.63) is 33.9 Å². The van der Waals surface area contributed by atoms with Gasteiger partial charge in [-0.1, -0.05) is 27.5 Å². The Bertz CT molecular complexity index is 547. The molecule has 90 valence electrons. The molecule has 0 radical (unpaired) electrons. The summed E-state index contributed by atoms with van der Waals surface area (Å²) >= 11 is 9.55. The number of rotatable bonds is 3. The standard InChI is InChI=1S/C12H12BrClN2O/c1-7(6-17)16-11-2-3-15-12-9(11)4-8(13)5-10(12)14/h2-5,7,17H,6H2,1H3,(H,15,16)/t7-/m0/s1. The number of nitrogens with one attached hydrogen (secondary N) is 1. The first-order valence-electron chi connectivity index (χ1n) is 5.23. The summed E-state index contributed by atoms with van der Waals surface area (Å²) in [5, 5.41) is 13.8. The summed E-state index contributed by atoms with van der Waals surface area (Å²) in [6.07, 6.45) is 1.70. The highest BCUT2D eigenvalue weighted by Gasteiger charge is 2.08. The van der Waals surface area contributed by atoms with E-state index >= 15 is 0 Å². The minimum Gasteiger partial charge on any atom is -0.394 e. The summed E-state index contributed by atoms with van der Waals surface area (Å²) < 4.78 is 0.905. The zero-order chi connectivity index (χ0) is 12.4. The van der Waals surface area contributed by atoms with Gasteiger partial charge in [-0.05, 0) is 25.1 Å². The van der Waals surface area contributed by atoms with Crippen LogP contribution >= 0.6 is 27.5 Å². The summed E-state index contributed by atoms with van der Waals surface area (Å²) in [6, 6.07) is 5.63. The van der Waals surface area contributed by atoms with Crippen LogP contribution in [0.25, 0.3) is 10.9 Å². The van der Waals surface area contributed by atoms with Crippen LogP contribution in [0.1, 0.15) is 6.92 Å². The fourth-order valence-electron chi connectivity index (χ4n) is 1.62. The van der Waals surface area contributed by atoms with Crippen molar-refractivity contribution in [3.63, 3.8) is 0 Å². The predicted molar refractivity (Wildman–Crippen MR) is 74.6 cm³/mol. The number of aromatic nitrogens is 1. The second-order valence-corrected chi connectivity index (χ2v) is 5.19. The van der Waals surface area contributed by atoms with Crippen molar-refractivity contribution >= 4 is 44.1 Å². The van der Waals surface area contributed by atoms with Crippen molar-refractivity contribution in [1.82, 2.24) is 4.98 Å². The number of aliphatic hydroxyl groups excluding tert-OH is 1. The molecule has 1 aromatic heterocycles. The maximum atomic E-state index is 9.06. The van der Waals surface area contributed by atoms with E-state index in [9.17, 15) is 0 Å². The van der Waals surface area contributed by atoms with Crippen molar-refractivity contribution in [3.8, 4) is 0 Å². The number of anilines is 1. The monoisotopic (exact) mass is 314 g/mol. The minimum absolute atomic E-state index is 0.0154. The fraction of sp³-hybridized carbons (Fsp3) is 0.250. The zero-order valence-electron chi connectivity index (χ0n) is 9.24. The average Bonchev–Trinajstić information content (AvgIpc) is 2.30. The van der Waals surface area contributed by atoms with Gasteiger partial charge in [-0.25, -0.2) is 0 Å². The van der Waals surface area contributed by atoms with Gasteiger partial charge in [0.1, 0.15) is 0 Å². The van der Waals surface area contributed by atoms with Crippen LogP contribution in [-0.2, 0) is 0 Å². The largest absolute Gasteiger partial charge is 0.394 e. The van der Waals surface area contributed by atoms with E-state index in [1.165, 1.54) is 0 Å². The van der Waals surface area contributed by atoms with Crippen molar-refractivity contribution < 1.29 is 5.11 Å². The van der Waals surface area contributed by atoms with Crippen LogP contribution in [0.4, 0.5) is 5.69 Å². The number of hydrogen-bond donors (Lipinski definition) is 2. The maximum absolute atomic E-state index is 9.06. The van der Waals surface area contributed by atoms with E-state index in [1.54, 1.807) is 6.20 Å². The van der Waals surface area contributed by atoms with Gasteiger partial charge in [0.05, 0.1) is 17.1 Å². The van der Waals surface area contributed by atoms with E-state index in [0.29, 0.717) is 5.02 Å². The predicted octanol–water partition coefficient (Wildman–Crippen LogP) is 3.44. The molecule has 0 aliphatic rings. The highest BCUT2D eigenvalue weighted by atomic mass is 79.9. The van der Waals surface area contributed by atoms with Gasteiger partial charge in [-0.2, -0.15) is 0 Å². The molecular formula is C12H12BrClN2O. The maximum Gasteiger partial charge on any atom is 0.0909 e. The lowest BCUT2D eigenvalue weighted by molar-refractivity contribution is 0.281. The Kier molecular flexibility index (Phi) is 3.86. The first-order chi connectivity index (χ1) is 8.11. The molecule has 0 saturated carbocycles. The van der Waals surface area contributed by atoms with Crippen LogP contribution in [0, 0.1) is 0 Å². The molecule has 2 aromatic rings. The first-order valence-corrected chi connectivity index (χ1v) is 6.40. The van der Waals surface area contributed by atoms with Crippen LogP contribution in [0.15, 0.2) is 28.9 Å². The molecule has 2 rings (SSSR count). The molecule has 0 amide bonds. The molecule has 0 aliphatic carbocycles. The Morgan fingerprint density at radius 2 is 2.29 bits per heavy atom. The summed E-state index contributed by atoms with van der Waals surface area (Å²) in [4.78, 5) is 4.26. The van der Waals surface area contributed by atoms with E-state index in [4.69, 9.17) is 16.7 Å². The van der Waals surface area contributed by atoms with Gasteiger partial charge < -0.3 is 10.4 Å². The molecule has 0 spiro atoms. The number of nitrogens with zero attached hydrogens (tertiary/aromatic N) is 1. The van der Waals surface area contributed by atoms with Crippen molar-refractivity contribution in [2.45, 2.75) is 13.0 Å². The van der Waals surface area contributed by atoms with E-state index in [-0.39, 0.29) is 12.6 Å². The lowest BCUT2D eigenvalue weighted by Crippen LogP contribution is -2.19. The van der Waals surface area contributed by atoms with Gasteiger partial charge >= 0.3 is 0 Å². The van der Waals surface area contributed by atoms with E-state index in [1.807, 2.05) is 25.1 Å². The third-order valence-electron chi connectivity index (χ3n) is 2.44. The number of aliphatic hydroxyl groups is 1. The number of fused-ring (bicyclic) bond motifs is 1. The summed E-state index contributed by atoms with van der Waals surface area (Å²) in [7, 11) is 0. The number of hydrogen-bond acceptors (Lipinski definition) is 3. The SMILES string of the molecule is C[C@@H](CO)Nc1ccnc2c(Cl)cc(Br)cc12. The molecule has 17 heavy (non-hydrogen) atoms. The van der Waals surface area contributed by atoms with Crippen LogP contribution < -0.4 is 5.32 Å². The fourth-order valence-corrected chi connectivity index (χ4v) is 2.47. The van der Waals surface area contributed by atoms with Crippen molar-refractivity contribution in [2.24, 2.45) is 0 Å². The molecule has 0 aliphatic heterocycles. The Labute approximate surface area is 113 Å². The van der Waals surface area contributed by atoms with Gasteiger partial charge in [0.25, 0.3) is 0 Å². The quantitative estimate of drug-likeness (QED) is 0.912. The molecule has 0 bridgehead atoms. The molecule has 0 fully saturated rings. The highest BCUT2D eigenvalue weighted by molar-refractivity contribution is 9.10. The Morgan fingerprint density at radius 1 is 1.53 bits per heavy atom. The Balaban J connectivity index is 2.56. The molecule has 0 saturated heterocycles. The van der Waals surface area contributed by atoms with E-state index < -0.39 is 0 Å². The van der Waals surface area contributed by atoms with Crippen LogP contribution in [-0.4, -0.2) is 22.7 Å². The second-order valence-electron chi connectivity index (χ2n) is 3.87. The van der Waals surface area contributed by atoms with Gasteiger partial charge in [0.2, 0.25) is 0 Å². The number of pyridine rings is 1. The molecular weight excluding hydrogens is 304 g/mol.